The number of hydrazone groups is 1. The largest absolute Gasteiger partial charge is 0.277 e. The fraction of sp³-hybridized carbons (Fsp3) is 0.0667. The Morgan fingerprint density at radius 1 is 1.04 bits per heavy atom. The van der Waals surface area contributed by atoms with Crippen LogP contribution in [0.4, 0.5) is 11.4 Å². The fourth-order valence-corrected chi connectivity index (χ4v) is 2.52. The Kier molecular flexibility index (Phi) is 5.86. The van der Waals surface area contributed by atoms with E-state index in [-0.39, 0.29) is 5.56 Å². The third-order valence-electron chi connectivity index (χ3n) is 3.23. The molecule has 0 saturated carbocycles. The van der Waals surface area contributed by atoms with Crippen molar-refractivity contribution in [3.63, 3.8) is 0 Å². The van der Waals surface area contributed by atoms with E-state index < -0.39 is 27.1 Å². The number of rotatable bonds is 5. The van der Waals surface area contributed by atoms with E-state index in [9.17, 15) is 25.0 Å². The summed E-state index contributed by atoms with van der Waals surface area (Å²) in [5, 5.41) is 26.3. The highest BCUT2D eigenvalue weighted by molar-refractivity contribution is 6.37. The molecule has 0 aliphatic carbocycles. The van der Waals surface area contributed by atoms with Gasteiger partial charge in [0, 0.05) is 22.7 Å². The summed E-state index contributed by atoms with van der Waals surface area (Å²) < 4.78 is 0. The second-order valence-corrected chi connectivity index (χ2v) is 5.86. The Morgan fingerprint density at radius 2 is 1.62 bits per heavy atom. The molecule has 0 heterocycles. The van der Waals surface area contributed by atoms with Crippen LogP contribution in [0.1, 0.15) is 22.8 Å². The number of hydrogen-bond acceptors (Lipinski definition) is 6. The van der Waals surface area contributed by atoms with Crippen LogP contribution in [0.3, 0.4) is 0 Å². The second kappa shape index (κ2) is 7.89. The van der Waals surface area contributed by atoms with Crippen LogP contribution in [-0.4, -0.2) is 21.5 Å². The molecular formula is C15H10Cl2N4O5. The molecule has 0 aliphatic rings. The van der Waals surface area contributed by atoms with Crippen molar-refractivity contribution in [3.05, 3.63) is 77.8 Å². The van der Waals surface area contributed by atoms with Crippen molar-refractivity contribution < 1.29 is 14.6 Å². The monoisotopic (exact) mass is 396 g/mol. The maximum absolute atomic E-state index is 12.2. The minimum atomic E-state index is -0.846. The number of nitrogens with zero attached hydrogens (tertiary/aromatic N) is 3. The van der Waals surface area contributed by atoms with Gasteiger partial charge in [0.1, 0.15) is 0 Å². The standard InChI is InChI=1S/C15H10Cl2N4O5/c1-8(13-3-2-10(16)6-14(13)17)18-19-15(22)9-4-11(20(23)24)7-12(5-9)21(25)26/h2-7H,1H3,(H,19,22)/b18-8-. The molecule has 0 unspecified atom stereocenters. The summed E-state index contributed by atoms with van der Waals surface area (Å²) >= 11 is 11.8. The summed E-state index contributed by atoms with van der Waals surface area (Å²) in [6.07, 6.45) is 0. The number of carbonyl (C=O) groups excluding carboxylic acids is 1. The lowest BCUT2D eigenvalue weighted by Gasteiger charge is -2.05. The molecule has 11 heteroatoms. The molecule has 0 atom stereocenters. The van der Waals surface area contributed by atoms with Crippen LogP contribution in [0.5, 0.6) is 0 Å². The predicted octanol–water partition coefficient (Wildman–Crippen LogP) is 3.96. The third-order valence-corrected chi connectivity index (χ3v) is 3.78. The second-order valence-electron chi connectivity index (χ2n) is 5.01. The van der Waals surface area contributed by atoms with Crippen molar-refractivity contribution in [2.75, 3.05) is 0 Å². The van der Waals surface area contributed by atoms with Gasteiger partial charge in [-0.1, -0.05) is 29.3 Å². The molecule has 0 spiro atoms. The molecule has 2 aromatic carbocycles. The first-order valence-electron chi connectivity index (χ1n) is 6.93. The van der Waals surface area contributed by atoms with Crippen molar-refractivity contribution in [2.45, 2.75) is 6.92 Å². The van der Waals surface area contributed by atoms with Gasteiger partial charge in [-0.05, 0) is 19.1 Å². The van der Waals surface area contributed by atoms with E-state index in [1.165, 1.54) is 6.07 Å². The molecule has 1 N–H and O–H groups in total. The Balaban J connectivity index is 2.29. The maximum atomic E-state index is 12.2. The lowest BCUT2D eigenvalue weighted by Crippen LogP contribution is -2.19. The zero-order valence-corrected chi connectivity index (χ0v) is 14.6. The Bertz CT molecular complexity index is 913. The Morgan fingerprint density at radius 3 is 2.12 bits per heavy atom. The van der Waals surface area contributed by atoms with Crippen LogP contribution in [0.25, 0.3) is 0 Å². The van der Waals surface area contributed by atoms with Crippen LogP contribution < -0.4 is 5.43 Å². The molecular weight excluding hydrogens is 387 g/mol. The van der Waals surface area contributed by atoms with Crippen molar-refractivity contribution in [3.8, 4) is 0 Å². The first-order chi connectivity index (χ1) is 12.2. The quantitative estimate of drug-likeness (QED) is 0.464. The molecule has 0 saturated heterocycles. The van der Waals surface area contributed by atoms with Gasteiger partial charge >= 0.3 is 0 Å². The van der Waals surface area contributed by atoms with E-state index in [0.717, 1.165) is 18.2 Å². The molecule has 0 radical (unpaired) electrons. The van der Waals surface area contributed by atoms with Crippen molar-refractivity contribution in [1.29, 1.82) is 0 Å². The van der Waals surface area contributed by atoms with E-state index in [1.54, 1.807) is 19.1 Å². The number of benzene rings is 2. The summed E-state index contributed by atoms with van der Waals surface area (Å²) in [6.45, 7) is 1.57. The molecule has 0 aliphatic heterocycles. The number of nitro benzene ring substituents is 2. The summed E-state index contributed by atoms with van der Waals surface area (Å²) in [5.74, 6) is -0.846. The average molecular weight is 397 g/mol. The zero-order valence-electron chi connectivity index (χ0n) is 13.1. The van der Waals surface area contributed by atoms with Crippen molar-refractivity contribution in [2.24, 2.45) is 5.10 Å². The fourth-order valence-electron chi connectivity index (χ4n) is 1.98. The van der Waals surface area contributed by atoms with E-state index >= 15 is 0 Å². The molecule has 0 fully saturated rings. The molecule has 9 nitrogen and oxygen atoms in total. The highest BCUT2D eigenvalue weighted by atomic mass is 35.5. The van der Waals surface area contributed by atoms with Crippen LogP contribution in [-0.2, 0) is 0 Å². The van der Waals surface area contributed by atoms with Gasteiger partial charge < -0.3 is 0 Å². The van der Waals surface area contributed by atoms with Crippen molar-refractivity contribution in [1.82, 2.24) is 5.43 Å². The lowest BCUT2D eigenvalue weighted by molar-refractivity contribution is -0.394. The lowest BCUT2D eigenvalue weighted by atomic mass is 10.1. The molecule has 2 rings (SSSR count). The molecule has 2 aromatic rings. The summed E-state index contributed by atoms with van der Waals surface area (Å²) in [7, 11) is 0. The van der Waals surface area contributed by atoms with Crippen LogP contribution in [0.15, 0.2) is 41.5 Å². The van der Waals surface area contributed by atoms with Gasteiger partial charge in [-0.2, -0.15) is 5.10 Å². The molecule has 26 heavy (non-hydrogen) atoms. The molecule has 0 bridgehead atoms. The van der Waals surface area contributed by atoms with Crippen LogP contribution >= 0.6 is 23.2 Å². The SMILES string of the molecule is C/C(=N/NC(=O)c1cc([N+](=O)[O-])cc([N+](=O)[O-])c1)c1ccc(Cl)cc1Cl. The molecule has 0 aromatic heterocycles. The number of nitrogens with one attached hydrogen (secondary N) is 1. The normalized spacial score (nSPS) is 11.1. The van der Waals surface area contributed by atoms with Gasteiger partial charge in [0.25, 0.3) is 17.3 Å². The molecule has 1 amide bonds. The van der Waals surface area contributed by atoms with Gasteiger partial charge in [-0.25, -0.2) is 5.43 Å². The zero-order chi connectivity index (χ0) is 19.4. The highest BCUT2D eigenvalue weighted by Crippen LogP contribution is 2.23. The maximum Gasteiger partial charge on any atom is 0.277 e. The average Bonchev–Trinajstić information content (AvgIpc) is 2.58. The third kappa shape index (κ3) is 4.52. The van der Waals surface area contributed by atoms with Gasteiger partial charge in [0.15, 0.2) is 0 Å². The number of amides is 1. The topological polar surface area (TPSA) is 128 Å². The Labute approximate surface area is 156 Å². The molecule has 134 valence electrons. The highest BCUT2D eigenvalue weighted by Gasteiger charge is 2.19. The van der Waals surface area contributed by atoms with Gasteiger partial charge in [-0.3, -0.25) is 25.0 Å². The van der Waals surface area contributed by atoms with Crippen LogP contribution in [0, 0.1) is 20.2 Å². The number of carbonyl (C=O) groups is 1. The van der Waals surface area contributed by atoms with E-state index in [4.69, 9.17) is 23.2 Å². The predicted molar refractivity (Wildman–Crippen MR) is 95.9 cm³/mol. The first kappa shape index (κ1) is 19.3. The van der Waals surface area contributed by atoms with Gasteiger partial charge in [0.2, 0.25) is 0 Å². The number of non-ortho nitro benzene ring substituents is 2. The summed E-state index contributed by atoms with van der Waals surface area (Å²) in [4.78, 5) is 32.2. The van der Waals surface area contributed by atoms with Crippen LogP contribution in [0.2, 0.25) is 10.0 Å². The smallest absolute Gasteiger partial charge is 0.267 e. The summed E-state index contributed by atoms with van der Waals surface area (Å²) in [6, 6.07) is 7.30. The van der Waals surface area contributed by atoms with E-state index in [1.807, 2.05) is 0 Å². The summed E-state index contributed by atoms with van der Waals surface area (Å²) in [5.41, 5.74) is 1.62. The van der Waals surface area contributed by atoms with E-state index in [2.05, 4.69) is 10.5 Å². The number of halogens is 2. The van der Waals surface area contributed by atoms with E-state index in [0.29, 0.717) is 21.3 Å². The number of hydrogen-bond donors (Lipinski definition) is 1. The minimum Gasteiger partial charge on any atom is -0.267 e. The van der Waals surface area contributed by atoms with Crippen molar-refractivity contribution >= 4 is 46.2 Å². The Hall–Kier alpha value is -3.04. The van der Waals surface area contributed by atoms with Gasteiger partial charge in [-0.15, -0.1) is 0 Å². The van der Waals surface area contributed by atoms with Gasteiger partial charge in [0.05, 0.1) is 32.2 Å². The first-order valence-corrected chi connectivity index (χ1v) is 7.68. The number of nitro groups is 2. The minimum absolute atomic E-state index is 0.273.